The van der Waals surface area contributed by atoms with E-state index in [1.807, 2.05) is 68.4 Å². The third kappa shape index (κ3) is 4.26. The van der Waals surface area contributed by atoms with E-state index in [0.717, 1.165) is 21.8 Å². The van der Waals surface area contributed by atoms with Gasteiger partial charge >= 0.3 is 0 Å². The molecular formula is C23H24N4O2S. The topological polar surface area (TPSA) is 75.2 Å². The van der Waals surface area contributed by atoms with Crippen LogP contribution in [-0.2, 0) is 9.59 Å². The van der Waals surface area contributed by atoms with Crippen molar-refractivity contribution in [2.24, 2.45) is 0 Å². The van der Waals surface area contributed by atoms with Gasteiger partial charge < -0.3 is 4.90 Å². The number of hydrogen-bond donors (Lipinski definition) is 1. The van der Waals surface area contributed by atoms with Crippen molar-refractivity contribution in [1.29, 1.82) is 0 Å². The van der Waals surface area contributed by atoms with Crippen LogP contribution >= 0.6 is 11.3 Å². The zero-order valence-electron chi connectivity index (χ0n) is 17.0. The molecule has 1 aliphatic heterocycles. The molecule has 2 aromatic carbocycles. The lowest BCUT2D eigenvalue weighted by molar-refractivity contribution is -0.118. The molecule has 1 aromatic heterocycles. The van der Waals surface area contributed by atoms with Crippen LogP contribution < -0.4 is 10.2 Å². The molecule has 2 atom stereocenters. The van der Waals surface area contributed by atoms with Crippen molar-refractivity contribution < 1.29 is 9.59 Å². The van der Waals surface area contributed by atoms with Crippen molar-refractivity contribution >= 4 is 34.0 Å². The molecule has 1 aliphatic rings. The molecule has 4 rings (SSSR count). The van der Waals surface area contributed by atoms with Gasteiger partial charge in [-0.05, 0) is 36.6 Å². The molecule has 30 heavy (non-hydrogen) atoms. The van der Waals surface area contributed by atoms with E-state index in [0.29, 0.717) is 24.5 Å². The molecule has 1 N–H and O–H groups in total. The summed E-state index contributed by atoms with van der Waals surface area (Å²) in [6.45, 7) is 4.58. The van der Waals surface area contributed by atoms with E-state index in [1.54, 1.807) is 4.90 Å². The van der Waals surface area contributed by atoms with E-state index in [4.69, 9.17) is 0 Å². The lowest BCUT2D eigenvalue weighted by Gasteiger charge is -2.16. The highest BCUT2D eigenvalue weighted by Gasteiger charge is 2.34. The van der Waals surface area contributed by atoms with Crippen LogP contribution in [0, 0.1) is 6.92 Å². The van der Waals surface area contributed by atoms with Crippen LogP contribution in [0.3, 0.4) is 0 Å². The Morgan fingerprint density at radius 2 is 2.00 bits per heavy atom. The Morgan fingerprint density at radius 3 is 2.73 bits per heavy atom. The summed E-state index contributed by atoms with van der Waals surface area (Å²) in [5.74, 6) is -0.252. The normalized spacial score (nSPS) is 17.2. The van der Waals surface area contributed by atoms with E-state index >= 15 is 0 Å². The molecule has 6 nitrogen and oxygen atoms in total. The number of amides is 2. The zero-order valence-corrected chi connectivity index (χ0v) is 17.9. The standard InChI is InChI=1S/C23H24N4O2S/c1-3-19(16-9-5-4-6-10-16)21(29)24-23-26-25-22(30-23)17-13-20(28)27(14-17)18-11-7-8-15(2)12-18/h4-12,17,19H,3,13-14H2,1-2H3,(H,24,26,29). The van der Waals surface area contributed by atoms with Gasteiger partial charge in [-0.15, -0.1) is 10.2 Å². The molecule has 2 amide bonds. The van der Waals surface area contributed by atoms with E-state index < -0.39 is 0 Å². The maximum Gasteiger partial charge on any atom is 0.233 e. The Kier molecular flexibility index (Phi) is 5.90. The molecule has 2 heterocycles. The van der Waals surface area contributed by atoms with Crippen LogP contribution in [0.4, 0.5) is 10.8 Å². The maximum atomic E-state index is 12.8. The third-order valence-corrected chi connectivity index (χ3v) is 6.39. The number of carbonyl (C=O) groups is 2. The second-order valence-corrected chi connectivity index (χ2v) is 8.56. The number of anilines is 2. The van der Waals surface area contributed by atoms with Crippen molar-refractivity contribution in [2.75, 3.05) is 16.8 Å². The van der Waals surface area contributed by atoms with Gasteiger partial charge in [-0.25, -0.2) is 0 Å². The SMILES string of the molecule is CCC(C(=O)Nc1nnc(C2CC(=O)N(c3cccc(C)c3)C2)s1)c1ccccc1. The molecular weight excluding hydrogens is 396 g/mol. The van der Waals surface area contributed by atoms with Crippen LogP contribution in [-0.4, -0.2) is 28.6 Å². The average molecular weight is 421 g/mol. The van der Waals surface area contributed by atoms with Gasteiger partial charge in [-0.1, -0.05) is 60.7 Å². The first kappa shape index (κ1) is 20.2. The second kappa shape index (κ2) is 8.75. The van der Waals surface area contributed by atoms with Crippen molar-refractivity contribution in [3.8, 4) is 0 Å². The van der Waals surface area contributed by atoms with E-state index in [1.165, 1.54) is 11.3 Å². The monoisotopic (exact) mass is 420 g/mol. The van der Waals surface area contributed by atoms with Crippen molar-refractivity contribution in [3.05, 3.63) is 70.7 Å². The summed E-state index contributed by atoms with van der Waals surface area (Å²) in [6, 6.07) is 17.7. The maximum absolute atomic E-state index is 12.8. The number of carbonyl (C=O) groups excluding carboxylic acids is 2. The summed E-state index contributed by atoms with van der Waals surface area (Å²) in [4.78, 5) is 27.1. The zero-order chi connectivity index (χ0) is 21.1. The second-order valence-electron chi connectivity index (χ2n) is 7.55. The lowest BCUT2D eigenvalue weighted by atomic mass is 9.96. The number of aromatic nitrogens is 2. The Bertz CT molecular complexity index is 1050. The van der Waals surface area contributed by atoms with Gasteiger partial charge in [0.25, 0.3) is 0 Å². The first-order chi connectivity index (χ1) is 14.5. The highest BCUT2D eigenvalue weighted by atomic mass is 32.1. The minimum absolute atomic E-state index is 0.0164. The predicted octanol–water partition coefficient (Wildman–Crippen LogP) is 4.50. The number of rotatable bonds is 6. The largest absolute Gasteiger partial charge is 0.312 e. The number of nitrogens with one attached hydrogen (secondary N) is 1. The molecule has 0 radical (unpaired) electrons. The summed E-state index contributed by atoms with van der Waals surface area (Å²) in [5.41, 5.74) is 3.01. The fourth-order valence-electron chi connectivity index (χ4n) is 3.82. The predicted molar refractivity (Wildman–Crippen MR) is 119 cm³/mol. The summed E-state index contributed by atoms with van der Waals surface area (Å²) in [5, 5.41) is 12.6. The van der Waals surface area contributed by atoms with E-state index in [9.17, 15) is 9.59 Å². The Morgan fingerprint density at radius 1 is 1.20 bits per heavy atom. The van der Waals surface area contributed by atoms with Crippen molar-refractivity contribution in [3.63, 3.8) is 0 Å². The smallest absolute Gasteiger partial charge is 0.233 e. The first-order valence-electron chi connectivity index (χ1n) is 10.1. The van der Waals surface area contributed by atoms with Crippen LogP contribution in [0.25, 0.3) is 0 Å². The molecule has 3 aromatic rings. The third-order valence-electron chi connectivity index (χ3n) is 5.39. The molecule has 154 valence electrons. The van der Waals surface area contributed by atoms with Crippen molar-refractivity contribution in [1.82, 2.24) is 10.2 Å². The number of hydrogen-bond acceptors (Lipinski definition) is 5. The van der Waals surface area contributed by atoms with Gasteiger partial charge in [-0.2, -0.15) is 0 Å². The number of aryl methyl sites for hydroxylation is 1. The number of nitrogens with zero attached hydrogens (tertiary/aromatic N) is 3. The van der Waals surface area contributed by atoms with E-state index in [-0.39, 0.29) is 23.7 Å². The first-order valence-corrected chi connectivity index (χ1v) is 10.9. The van der Waals surface area contributed by atoms with Gasteiger partial charge in [0.2, 0.25) is 16.9 Å². The van der Waals surface area contributed by atoms with Crippen LogP contribution in [0.15, 0.2) is 54.6 Å². The Balaban J connectivity index is 1.44. The molecule has 0 spiro atoms. The molecule has 0 aliphatic carbocycles. The molecule has 0 bridgehead atoms. The average Bonchev–Trinajstić information content (AvgIpc) is 3.36. The highest BCUT2D eigenvalue weighted by molar-refractivity contribution is 7.15. The minimum Gasteiger partial charge on any atom is -0.312 e. The Labute approximate surface area is 180 Å². The van der Waals surface area contributed by atoms with Crippen molar-refractivity contribution in [2.45, 2.75) is 38.5 Å². The van der Waals surface area contributed by atoms with Gasteiger partial charge in [-0.3, -0.25) is 14.9 Å². The van der Waals surface area contributed by atoms with Crippen LogP contribution in [0.2, 0.25) is 0 Å². The minimum atomic E-state index is -0.233. The molecule has 7 heteroatoms. The molecule has 1 saturated heterocycles. The fraction of sp³-hybridized carbons (Fsp3) is 0.304. The van der Waals surface area contributed by atoms with Gasteiger partial charge in [0.1, 0.15) is 5.01 Å². The van der Waals surface area contributed by atoms with Gasteiger partial charge in [0.05, 0.1) is 5.92 Å². The van der Waals surface area contributed by atoms with Gasteiger partial charge in [0, 0.05) is 24.6 Å². The summed E-state index contributed by atoms with van der Waals surface area (Å²) >= 11 is 1.35. The summed E-state index contributed by atoms with van der Waals surface area (Å²) < 4.78 is 0. The Hall–Kier alpha value is -3.06. The quantitative estimate of drug-likeness (QED) is 0.637. The summed E-state index contributed by atoms with van der Waals surface area (Å²) in [6.07, 6.45) is 1.10. The molecule has 2 unspecified atom stereocenters. The number of benzene rings is 2. The molecule has 1 fully saturated rings. The lowest BCUT2D eigenvalue weighted by Crippen LogP contribution is -2.24. The fourth-order valence-corrected chi connectivity index (χ4v) is 4.66. The molecule has 0 saturated carbocycles. The van der Waals surface area contributed by atoms with E-state index in [2.05, 4.69) is 15.5 Å². The van der Waals surface area contributed by atoms with Crippen LogP contribution in [0.5, 0.6) is 0 Å². The van der Waals surface area contributed by atoms with Gasteiger partial charge in [0.15, 0.2) is 0 Å². The van der Waals surface area contributed by atoms with Crippen LogP contribution in [0.1, 0.15) is 47.7 Å². The summed E-state index contributed by atoms with van der Waals surface area (Å²) in [7, 11) is 0. The highest BCUT2D eigenvalue weighted by Crippen LogP contribution is 2.34.